The van der Waals surface area contributed by atoms with Gasteiger partial charge in [0.05, 0.1) is 11.0 Å². The lowest BCUT2D eigenvalue weighted by molar-refractivity contribution is 1.07. The number of hydrogen-bond donors (Lipinski definition) is 0. The van der Waals surface area contributed by atoms with Crippen LogP contribution in [0.15, 0.2) is 158 Å². The normalized spacial score (nSPS) is 11.8. The standard InChI is InChI=1S/C43H26N4S/c1-2-11-28(12-3-1)41-44-42(46-43(45-41)30-21-24-35-34-15-7-9-17-38(34)48-39(35)26-30)29-18-22-31(23-19-29)47-37-16-8-6-14-33(37)36-25-20-27-10-4-5-13-32(27)40(36)47/h1-26H. The smallest absolute Gasteiger partial charge is 0.164 e. The van der Waals surface area contributed by atoms with E-state index in [0.29, 0.717) is 17.5 Å². The molecule has 4 nitrogen and oxygen atoms in total. The van der Waals surface area contributed by atoms with E-state index in [-0.39, 0.29) is 0 Å². The molecule has 0 fully saturated rings. The molecule has 0 radical (unpaired) electrons. The highest BCUT2D eigenvalue weighted by Gasteiger charge is 2.17. The van der Waals surface area contributed by atoms with Crippen LogP contribution in [0.4, 0.5) is 0 Å². The monoisotopic (exact) mass is 630 g/mol. The molecule has 0 N–H and O–H groups in total. The molecule has 48 heavy (non-hydrogen) atoms. The lowest BCUT2D eigenvalue weighted by Gasteiger charge is -2.12. The molecular formula is C43H26N4S. The summed E-state index contributed by atoms with van der Waals surface area (Å²) in [6.45, 7) is 0. The molecule has 5 heteroatoms. The lowest BCUT2D eigenvalue weighted by atomic mass is 10.1. The van der Waals surface area contributed by atoms with Gasteiger partial charge in [-0.25, -0.2) is 15.0 Å². The molecule has 0 atom stereocenters. The van der Waals surface area contributed by atoms with Crippen molar-refractivity contribution in [3.05, 3.63) is 158 Å². The molecule has 10 rings (SSSR count). The zero-order valence-corrected chi connectivity index (χ0v) is 26.5. The molecule has 0 aliphatic carbocycles. The van der Waals surface area contributed by atoms with Crippen LogP contribution in [0, 0.1) is 0 Å². The van der Waals surface area contributed by atoms with Crippen molar-refractivity contribution in [3.8, 4) is 39.9 Å². The second-order valence-corrected chi connectivity index (χ2v) is 13.1. The molecule has 0 saturated heterocycles. The van der Waals surface area contributed by atoms with E-state index in [2.05, 4.69) is 132 Å². The average Bonchev–Trinajstić information content (AvgIpc) is 3.71. The van der Waals surface area contributed by atoms with Crippen molar-refractivity contribution in [2.45, 2.75) is 0 Å². The molecule has 10 aromatic rings. The molecule has 224 valence electrons. The van der Waals surface area contributed by atoms with E-state index in [1.807, 2.05) is 30.3 Å². The molecular weight excluding hydrogens is 605 g/mol. The number of nitrogens with zero attached hydrogens (tertiary/aromatic N) is 4. The van der Waals surface area contributed by atoms with Gasteiger partial charge in [0.2, 0.25) is 0 Å². The Balaban J connectivity index is 1.13. The Labute approximate surface area is 280 Å². The highest BCUT2D eigenvalue weighted by molar-refractivity contribution is 7.25. The van der Waals surface area contributed by atoms with Crippen molar-refractivity contribution < 1.29 is 0 Å². The predicted octanol–water partition coefficient (Wildman–Crippen LogP) is 11.5. The third-order valence-electron chi connectivity index (χ3n) is 9.25. The van der Waals surface area contributed by atoms with E-state index in [9.17, 15) is 0 Å². The van der Waals surface area contributed by atoms with Gasteiger partial charge in [0, 0.05) is 58.7 Å². The highest BCUT2D eigenvalue weighted by Crippen LogP contribution is 2.38. The van der Waals surface area contributed by atoms with Crippen molar-refractivity contribution in [1.29, 1.82) is 0 Å². The van der Waals surface area contributed by atoms with Crippen molar-refractivity contribution in [2.24, 2.45) is 0 Å². The van der Waals surface area contributed by atoms with E-state index in [1.165, 1.54) is 52.8 Å². The van der Waals surface area contributed by atoms with E-state index in [0.717, 1.165) is 22.4 Å². The van der Waals surface area contributed by atoms with Crippen LogP contribution in [0.1, 0.15) is 0 Å². The number of aromatic nitrogens is 4. The van der Waals surface area contributed by atoms with Crippen molar-refractivity contribution in [3.63, 3.8) is 0 Å². The second-order valence-electron chi connectivity index (χ2n) is 12.1. The first-order chi connectivity index (χ1) is 23.8. The molecule has 0 amide bonds. The van der Waals surface area contributed by atoms with Crippen LogP contribution in [0.25, 0.3) is 92.6 Å². The minimum Gasteiger partial charge on any atom is -0.309 e. The zero-order chi connectivity index (χ0) is 31.6. The number of benzene rings is 7. The van der Waals surface area contributed by atoms with Gasteiger partial charge in [-0.2, -0.15) is 0 Å². The number of thiophene rings is 1. The fourth-order valence-corrected chi connectivity index (χ4v) is 8.12. The fraction of sp³-hybridized carbons (Fsp3) is 0. The molecule has 7 aromatic carbocycles. The van der Waals surface area contributed by atoms with Crippen LogP contribution in [0.2, 0.25) is 0 Å². The summed E-state index contributed by atoms with van der Waals surface area (Å²) < 4.78 is 4.88. The van der Waals surface area contributed by atoms with E-state index < -0.39 is 0 Å². The SMILES string of the molecule is c1ccc(-c2nc(-c3ccc(-n4c5ccccc5c5ccc6ccccc6c54)cc3)nc(-c3ccc4c(c3)sc3ccccc34)n2)cc1. The molecule has 0 aliphatic heterocycles. The van der Waals surface area contributed by atoms with Crippen LogP contribution < -0.4 is 0 Å². The largest absolute Gasteiger partial charge is 0.309 e. The van der Waals surface area contributed by atoms with Crippen molar-refractivity contribution in [1.82, 2.24) is 19.5 Å². The van der Waals surface area contributed by atoms with E-state index in [1.54, 1.807) is 11.3 Å². The lowest BCUT2D eigenvalue weighted by Crippen LogP contribution is -2.00. The maximum absolute atomic E-state index is 5.07. The maximum atomic E-state index is 5.07. The Bertz CT molecular complexity index is 2830. The number of hydrogen-bond acceptors (Lipinski definition) is 4. The Morgan fingerprint density at radius 2 is 0.979 bits per heavy atom. The number of rotatable bonds is 4. The van der Waals surface area contributed by atoms with Gasteiger partial charge in [0.15, 0.2) is 17.5 Å². The van der Waals surface area contributed by atoms with Gasteiger partial charge >= 0.3 is 0 Å². The van der Waals surface area contributed by atoms with Gasteiger partial charge in [0.25, 0.3) is 0 Å². The summed E-state index contributed by atoms with van der Waals surface area (Å²) in [6, 6.07) is 55.6. The second kappa shape index (κ2) is 10.7. The third kappa shape index (κ3) is 4.25. The van der Waals surface area contributed by atoms with Gasteiger partial charge in [-0.05, 0) is 47.9 Å². The van der Waals surface area contributed by atoms with Gasteiger partial charge in [-0.3, -0.25) is 0 Å². The summed E-state index contributed by atoms with van der Waals surface area (Å²) in [5.74, 6) is 1.97. The minimum atomic E-state index is 0.648. The fourth-order valence-electron chi connectivity index (χ4n) is 6.97. The highest BCUT2D eigenvalue weighted by atomic mass is 32.1. The Morgan fingerprint density at radius 3 is 1.79 bits per heavy atom. The topological polar surface area (TPSA) is 43.6 Å². The first kappa shape index (κ1) is 27.0. The predicted molar refractivity (Wildman–Crippen MR) is 201 cm³/mol. The van der Waals surface area contributed by atoms with E-state index >= 15 is 0 Å². The molecule has 0 aliphatic rings. The Kier molecular flexibility index (Phi) is 6.01. The summed E-state index contributed by atoms with van der Waals surface area (Å²) in [6.07, 6.45) is 0. The van der Waals surface area contributed by atoms with Crippen LogP contribution in [0.5, 0.6) is 0 Å². The summed E-state index contributed by atoms with van der Waals surface area (Å²) in [5, 5.41) is 7.49. The van der Waals surface area contributed by atoms with Crippen LogP contribution in [0.3, 0.4) is 0 Å². The summed E-state index contributed by atoms with van der Waals surface area (Å²) in [7, 11) is 0. The van der Waals surface area contributed by atoms with Crippen LogP contribution >= 0.6 is 11.3 Å². The number of para-hydroxylation sites is 1. The van der Waals surface area contributed by atoms with Crippen molar-refractivity contribution >= 4 is 64.1 Å². The quantitative estimate of drug-likeness (QED) is 0.194. The molecule has 3 aromatic heterocycles. The Hall–Kier alpha value is -6.17. The summed E-state index contributed by atoms with van der Waals surface area (Å²) in [5.41, 5.74) is 6.36. The number of fused-ring (bicyclic) bond motifs is 8. The third-order valence-corrected chi connectivity index (χ3v) is 10.4. The molecule has 0 spiro atoms. The summed E-state index contributed by atoms with van der Waals surface area (Å²) in [4.78, 5) is 15.1. The first-order valence-corrected chi connectivity index (χ1v) is 16.9. The van der Waals surface area contributed by atoms with Gasteiger partial charge in [-0.1, -0.05) is 115 Å². The van der Waals surface area contributed by atoms with Crippen molar-refractivity contribution in [2.75, 3.05) is 0 Å². The summed E-state index contributed by atoms with van der Waals surface area (Å²) >= 11 is 1.80. The van der Waals surface area contributed by atoms with Crippen LogP contribution in [-0.4, -0.2) is 19.5 Å². The Morgan fingerprint density at radius 1 is 0.396 bits per heavy atom. The zero-order valence-electron chi connectivity index (χ0n) is 25.7. The molecule has 0 bridgehead atoms. The first-order valence-electron chi connectivity index (χ1n) is 16.0. The molecule has 0 unspecified atom stereocenters. The van der Waals surface area contributed by atoms with Gasteiger partial charge in [0.1, 0.15) is 0 Å². The van der Waals surface area contributed by atoms with Crippen LogP contribution in [-0.2, 0) is 0 Å². The molecule has 0 saturated carbocycles. The minimum absolute atomic E-state index is 0.648. The maximum Gasteiger partial charge on any atom is 0.164 e. The van der Waals surface area contributed by atoms with Gasteiger partial charge in [-0.15, -0.1) is 11.3 Å². The molecule has 3 heterocycles. The average molecular weight is 631 g/mol. The van der Waals surface area contributed by atoms with Gasteiger partial charge < -0.3 is 4.57 Å². The van der Waals surface area contributed by atoms with E-state index in [4.69, 9.17) is 15.0 Å².